The first kappa shape index (κ1) is 21.8. The minimum Gasteiger partial charge on any atom is -0.492 e. The maximum atomic E-state index is 13.2. The van der Waals surface area contributed by atoms with Crippen LogP contribution in [0.15, 0.2) is 18.5 Å². The number of nitroso groups, excluding NO2 is 1. The van der Waals surface area contributed by atoms with Crippen LogP contribution >= 0.6 is 11.3 Å². The van der Waals surface area contributed by atoms with Gasteiger partial charge in [0.2, 0.25) is 6.04 Å². The van der Waals surface area contributed by atoms with Gasteiger partial charge in [-0.25, -0.2) is 9.97 Å². The number of thiophene rings is 1. The van der Waals surface area contributed by atoms with Crippen LogP contribution in [-0.2, 0) is 12.8 Å². The van der Waals surface area contributed by atoms with E-state index >= 15 is 0 Å². The average molecular weight is 479 g/mol. The monoisotopic (exact) mass is 478 g/mol. The van der Waals surface area contributed by atoms with E-state index in [0.29, 0.717) is 12.0 Å². The van der Waals surface area contributed by atoms with Crippen molar-refractivity contribution in [1.29, 1.82) is 0 Å². The predicted octanol–water partition coefficient (Wildman–Crippen LogP) is 5.49. The quantitative estimate of drug-likeness (QED) is 0.473. The average Bonchev–Trinajstić information content (AvgIpc) is 3.28. The maximum absolute atomic E-state index is 13.2. The number of anilines is 2. The molecule has 1 unspecified atom stereocenters. The molecule has 0 bridgehead atoms. The van der Waals surface area contributed by atoms with Crippen LogP contribution < -0.4 is 10.1 Å². The Balaban J connectivity index is 1.29. The smallest absolute Gasteiger partial charge is 0.239 e. The second kappa shape index (κ2) is 8.18. The fourth-order valence-electron chi connectivity index (χ4n) is 5.56. The largest absolute Gasteiger partial charge is 0.492 e. The van der Waals surface area contributed by atoms with Crippen molar-refractivity contribution in [3.63, 3.8) is 0 Å². The Labute approximate surface area is 204 Å². The molecule has 7 nitrogen and oxygen atoms in total. The molecule has 1 spiro atoms. The van der Waals surface area contributed by atoms with Crippen molar-refractivity contribution in [1.82, 2.24) is 15.0 Å². The summed E-state index contributed by atoms with van der Waals surface area (Å²) >= 11 is 1.71. The number of rotatable bonds is 6. The summed E-state index contributed by atoms with van der Waals surface area (Å²) in [5.74, 6) is 1.65. The molecule has 1 saturated heterocycles. The lowest BCUT2D eigenvalue weighted by Crippen LogP contribution is -2.41. The van der Waals surface area contributed by atoms with Crippen LogP contribution in [0.25, 0.3) is 10.2 Å². The number of hydrogen-bond donors (Lipinski definition) is 1. The molecule has 8 heteroatoms. The summed E-state index contributed by atoms with van der Waals surface area (Å²) in [6.45, 7) is 8.68. The number of aromatic nitrogens is 2. The normalized spacial score (nSPS) is 20.6. The third-order valence-corrected chi connectivity index (χ3v) is 9.10. The molecule has 1 N–H and O–H groups in total. The van der Waals surface area contributed by atoms with Crippen LogP contribution in [-0.4, -0.2) is 45.6 Å². The minimum atomic E-state index is 0.0168. The third kappa shape index (κ3) is 3.72. The van der Waals surface area contributed by atoms with Crippen molar-refractivity contribution in [2.45, 2.75) is 65.3 Å². The molecule has 6 rings (SSSR count). The van der Waals surface area contributed by atoms with Gasteiger partial charge >= 0.3 is 0 Å². The first-order chi connectivity index (χ1) is 16.5. The van der Waals surface area contributed by atoms with Crippen LogP contribution in [0.5, 0.6) is 5.75 Å². The van der Waals surface area contributed by atoms with E-state index in [4.69, 9.17) is 4.74 Å². The summed E-state index contributed by atoms with van der Waals surface area (Å²) < 4.78 is 5.91. The Hall–Kier alpha value is -2.74. The third-order valence-electron chi connectivity index (χ3n) is 7.93. The molecular formula is C26H32N5O2S+. The molecule has 2 aliphatic carbocycles. The van der Waals surface area contributed by atoms with Crippen molar-refractivity contribution in [2.24, 2.45) is 5.41 Å². The fourth-order valence-corrected chi connectivity index (χ4v) is 6.82. The number of ether oxygens (including phenoxy) is 1. The summed E-state index contributed by atoms with van der Waals surface area (Å²) in [6.07, 6.45) is 7.94. The summed E-state index contributed by atoms with van der Waals surface area (Å²) in [7, 11) is 0. The summed E-state index contributed by atoms with van der Waals surface area (Å²) in [5.41, 5.74) is 5.10. The minimum absolute atomic E-state index is 0.0168. The van der Waals surface area contributed by atoms with Gasteiger partial charge in [-0.1, -0.05) is 0 Å². The van der Waals surface area contributed by atoms with E-state index in [9.17, 15) is 4.91 Å². The Kier molecular flexibility index (Phi) is 5.24. The van der Waals surface area contributed by atoms with Gasteiger partial charge in [-0.2, -0.15) is 0 Å². The van der Waals surface area contributed by atoms with Crippen molar-refractivity contribution in [3.05, 3.63) is 44.9 Å². The molecule has 0 amide bonds. The molecule has 1 aromatic carbocycles. The zero-order valence-electron chi connectivity index (χ0n) is 20.2. The number of nitrogens with zero attached hydrogens (tertiary/aromatic N) is 4. The Morgan fingerprint density at radius 2 is 2.06 bits per heavy atom. The van der Waals surface area contributed by atoms with E-state index in [2.05, 4.69) is 46.3 Å². The SMILES string of the molecule is CCOc1cc(C)c(C)cc1Nc1ncnc2sc3c(c12)CCC([N+](=O)N1CCC2(CC2)C1)C3. The van der Waals surface area contributed by atoms with Gasteiger partial charge < -0.3 is 10.1 Å². The molecule has 1 atom stereocenters. The number of hydrogen-bond acceptors (Lipinski definition) is 6. The number of aryl methyl sites for hydroxylation is 3. The van der Waals surface area contributed by atoms with Crippen LogP contribution in [0, 0.1) is 24.2 Å². The van der Waals surface area contributed by atoms with E-state index in [1.165, 1.54) is 45.7 Å². The molecular weight excluding hydrogens is 446 g/mol. The lowest BCUT2D eigenvalue weighted by molar-refractivity contribution is -0.732. The van der Waals surface area contributed by atoms with Gasteiger partial charge in [0.15, 0.2) is 0 Å². The van der Waals surface area contributed by atoms with E-state index in [1.54, 1.807) is 17.7 Å². The maximum Gasteiger partial charge on any atom is 0.239 e. The van der Waals surface area contributed by atoms with Gasteiger partial charge in [0.1, 0.15) is 27.6 Å². The number of benzene rings is 1. The molecule has 1 saturated carbocycles. The first-order valence-corrected chi connectivity index (χ1v) is 13.3. The molecule has 3 aromatic rings. The van der Waals surface area contributed by atoms with Crippen molar-refractivity contribution in [2.75, 3.05) is 25.0 Å². The highest BCUT2D eigenvalue weighted by atomic mass is 32.1. The van der Waals surface area contributed by atoms with Crippen molar-refractivity contribution >= 4 is 33.1 Å². The van der Waals surface area contributed by atoms with Gasteiger partial charge in [-0.15, -0.1) is 16.3 Å². The van der Waals surface area contributed by atoms with Gasteiger partial charge in [0.25, 0.3) is 0 Å². The van der Waals surface area contributed by atoms with E-state index in [0.717, 1.165) is 59.8 Å². The molecule has 0 radical (unpaired) electrons. The fraction of sp³-hybridized carbons (Fsp3) is 0.538. The van der Waals surface area contributed by atoms with Gasteiger partial charge in [0, 0.05) is 11.3 Å². The number of nitrogens with one attached hydrogen (secondary N) is 1. The van der Waals surface area contributed by atoms with E-state index in [1.807, 2.05) is 6.92 Å². The van der Waals surface area contributed by atoms with Gasteiger partial charge in [0.05, 0.1) is 42.1 Å². The zero-order valence-corrected chi connectivity index (χ0v) is 21.0. The zero-order chi connectivity index (χ0) is 23.4. The topological polar surface area (TPSA) is 70.4 Å². The summed E-state index contributed by atoms with van der Waals surface area (Å²) in [4.78, 5) is 26.0. The molecule has 3 heterocycles. The molecule has 1 aliphatic heterocycles. The van der Waals surface area contributed by atoms with Crippen molar-refractivity contribution < 1.29 is 9.61 Å². The van der Waals surface area contributed by atoms with Crippen LogP contribution in [0.2, 0.25) is 0 Å². The molecule has 2 aromatic heterocycles. The molecule has 3 aliphatic rings. The molecule has 178 valence electrons. The van der Waals surface area contributed by atoms with Gasteiger partial charge in [-0.3, -0.25) is 0 Å². The Morgan fingerprint density at radius 1 is 1.24 bits per heavy atom. The van der Waals surface area contributed by atoms with Crippen LogP contribution in [0.4, 0.5) is 11.5 Å². The van der Waals surface area contributed by atoms with Gasteiger partial charge in [-0.05, 0) is 80.7 Å². The summed E-state index contributed by atoms with van der Waals surface area (Å²) in [5, 5.41) is 6.71. The van der Waals surface area contributed by atoms with Crippen molar-refractivity contribution in [3.8, 4) is 5.75 Å². The van der Waals surface area contributed by atoms with E-state index < -0.39 is 0 Å². The predicted molar refractivity (Wildman–Crippen MR) is 135 cm³/mol. The lowest BCUT2D eigenvalue weighted by Gasteiger charge is -2.20. The van der Waals surface area contributed by atoms with Crippen LogP contribution in [0.1, 0.15) is 54.2 Å². The standard InChI is InChI=1S/C26H32N5O2S/c1-4-33-21-12-17(3)16(2)11-20(21)29-24-23-19-6-5-18(13-22(19)34-25(23)28-15-27-24)31(32)30-10-9-26(14-30)7-8-26/h11-12,15,18H,4-10,13-14H2,1-3H3,(H,27,28,29)/q+1. The second-order valence-electron chi connectivity index (χ2n) is 10.2. The Bertz CT molecular complexity index is 1280. The summed E-state index contributed by atoms with van der Waals surface area (Å²) in [6, 6.07) is 4.23. The second-order valence-corrected chi connectivity index (χ2v) is 11.3. The Morgan fingerprint density at radius 3 is 2.82 bits per heavy atom. The number of fused-ring (bicyclic) bond motifs is 3. The highest BCUT2D eigenvalue weighted by molar-refractivity contribution is 7.19. The molecule has 34 heavy (non-hydrogen) atoms. The van der Waals surface area contributed by atoms with Crippen LogP contribution in [0.3, 0.4) is 0 Å². The highest BCUT2D eigenvalue weighted by Crippen LogP contribution is 2.53. The first-order valence-electron chi connectivity index (χ1n) is 12.4. The molecule has 2 fully saturated rings. The number of hydrazine groups is 1. The highest BCUT2D eigenvalue weighted by Gasteiger charge is 2.53. The lowest BCUT2D eigenvalue weighted by atomic mass is 9.93. The van der Waals surface area contributed by atoms with E-state index in [-0.39, 0.29) is 6.04 Å².